The average molecular weight is 256 g/mol. The van der Waals surface area contributed by atoms with E-state index in [1.807, 2.05) is 6.07 Å². The SMILES string of the molecule is CCCc1nc(Cl)cc(N(CCC)C(C)C)n1. The zero-order chi connectivity index (χ0) is 12.8. The molecule has 0 N–H and O–H groups in total. The highest BCUT2D eigenvalue weighted by Crippen LogP contribution is 2.19. The second-order valence-corrected chi connectivity index (χ2v) is 4.89. The predicted octanol–water partition coefficient (Wildman–Crippen LogP) is 3.71. The standard InChI is InChI=1S/C13H22ClN3/c1-5-7-12-15-11(14)9-13(16-12)17(8-6-2)10(3)4/h9-10H,5-8H2,1-4H3. The third kappa shape index (κ3) is 4.15. The molecule has 0 atom stereocenters. The quantitative estimate of drug-likeness (QED) is 0.726. The molecule has 0 spiro atoms. The maximum atomic E-state index is 6.06. The molecule has 0 aliphatic carbocycles. The number of nitrogens with zero attached hydrogens (tertiary/aromatic N) is 3. The van der Waals surface area contributed by atoms with Gasteiger partial charge in [-0.05, 0) is 26.7 Å². The van der Waals surface area contributed by atoms with Crippen molar-refractivity contribution in [3.63, 3.8) is 0 Å². The lowest BCUT2D eigenvalue weighted by atomic mass is 10.2. The number of hydrogen-bond donors (Lipinski definition) is 0. The first-order valence-electron chi connectivity index (χ1n) is 6.38. The highest BCUT2D eigenvalue weighted by molar-refractivity contribution is 6.29. The van der Waals surface area contributed by atoms with Crippen LogP contribution in [0.5, 0.6) is 0 Å². The van der Waals surface area contributed by atoms with Crippen LogP contribution in [0.4, 0.5) is 5.82 Å². The van der Waals surface area contributed by atoms with Crippen LogP contribution in [0.3, 0.4) is 0 Å². The highest BCUT2D eigenvalue weighted by Gasteiger charge is 2.13. The Morgan fingerprint density at radius 1 is 1.24 bits per heavy atom. The van der Waals surface area contributed by atoms with Gasteiger partial charge in [0.15, 0.2) is 0 Å². The van der Waals surface area contributed by atoms with Crippen molar-refractivity contribution in [3.8, 4) is 0 Å². The van der Waals surface area contributed by atoms with Crippen LogP contribution in [0.1, 0.15) is 46.4 Å². The summed E-state index contributed by atoms with van der Waals surface area (Å²) in [6.45, 7) is 9.63. The highest BCUT2D eigenvalue weighted by atomic mass is 35.5. The van der Waals surface area contributed by atoms with Gasteiger partial charge in [-0.1, -0.05) is 25.4 Å². The van der Waals surface area contributed by atoms with Crippen molar-refractivity contribution in [2.75, 3.05) is 11.4 Å². The molecule has 0 saturated heterocycles. The van der Waals surface area contributed by atoms with E-state index in [2.05, 4.69) is 42.6 Å². The smallest absolute Gasteiger partial charge is 0.134 e. The Labute approximate surface area is 109 Å². The number of rotatable bonds is 6. The van der Waals surface area contributed by atoms with E-state index in [1.165, 1.54) is 0 Å². The topological polar surface area (TPSA) is 29.0 Å². The maximum Gasteiger partial charge on any atom is 0.134 e. The normalized spacial score (nSPS) is 10.9. The Bertz CT molecular complexity index is 353. The molecular formula is C13H22ClN3. The second-order valence-electron chi connectivity index (χ2n) is 4.50. The molecule has 1 heterocycles. The van der Waals surface area contributed by atoms with Crippen molar-refractivity contribution in [1.29, 1.82) is 0 Å². The number of aryl methyl sites for hydroxylation is 1. The minimum atomic E-state index is 0.426. The van der Waals surface area contributed by atoms with E-state index >= 15 is 0 Å². The van der Waals surface area contributed by atoms with Gasteiger partial charge in [-0.3, -0.25) is 0 Å². The van der Waals surface area contributed by atoms with Gasteiger partial charge in [0, 0.05) is 25.1 Å². The van der Waals surface area contributed by atoms with Gasteiger partial charge in [-0.25, -0.2) is 9.97 Å². The Hall–Kier alpha value is -0.830. The van der Waals surface area contributed by atoms with Crippen molar-refractivity contribution in [2.24, 2.45) is 0 Å². The van der Waals surface area contributed by atoms with Gasteiger partial charge in [0.2, 0.25) is 0 Å². The zero-order valence-corrected chi connectivity index (χ0v) is 12.0. The molecule has 0 aliphatic heterocycles. The number of aromatic nitrogens is 2. The summed E-state index contributed by atoms with van der Waals surface area (Å²) in [5.41, 5.74) is 0. The fourth-order valence-electron chi connectivity index (χ4n) is 1.81. The summed E-state index contributed by atoms with van der Waals surface area (Å²) in [6.07, 6.45) is 3.02. The van der Waals surface area contributed by atoms with Crippen LogP contribution in [0.2, 0.25) is 5.15 Å². The van der Waals surface area contributed by atoms with E-state index < -0.39 is 0 Å². The Morgan fingerprint density at radius 3 is 2.47 bits per heavy atom. The van der Waals surface area contributed by atoms with Crippen molar-refractivity contribution in [1.82, 2.24) is 9.97 Å². The predicted molar refractivity (Wildman–Crippen MR) is 73.8 cm³/mol. The number of halogens is 1. The van der Waals surface area contributed by atoms with Crippen LogP contribution in [-0.2, 0) is 6.42 Å². The second kappa shape index (κ2) is 6.80. The van der Waals surface area contributed by atoms with Crippen LogP contribution in [0, 0.1) is 0 Å². The van der Waals surface area contributed by atoms with Crippen molar-refractivity contribution in [3.05, 3.63) is 17.0 Å². The zero-order valence-electron chi connectivity index (χ0n) is 11.2. The third-order valence-electron chi connectivity index (χ3n) is 2.58. The van der Waals surface area contributed by atoms with E-state index in [-0.39, 0.29) is 0 Å². The molecule has 0 radical (unpaired) electrons. The summed E-state index contributed by atoms with van der Waals surface area (Å²) in [7, 11) is 0. The Kier molecular flexibility index (Phi) is 5.69. The first-order chi connectivity index (χ1) is 8.08. The van der Waals surface area contributed by atoms with Gasteiger partial charge in [0.1, 0.15) is 16.8 Å². The van der Waals surface area contributed by atoms with Crippen molar-refractivity contribution < 1.29 is 0 Å². The van der Waals surface area contributed by atoms with E-state index in [0.717, 1.165) is 37.4 Å². The summed E-state index contributed by atoms with van der Waals surface area (Å²) < 4.78 is 0. The van der Waals surface area contributed by atoms with Crippen LogP contribution in [0.25, 0.3) is 0 Å². The molecule has 0 fully saturated rings. The average Bonchev–Trinajstić information content (AvgIpc) is 2.25. The summed E-state index contributed by atoms with van der Waals surface area (Å²) in [5.74, 6) is 1.79. The lowest BCUT2D eigenvalue weighted by molar-refractivity contribution is 0.657. The van der Waals surface area contributed by atoms with Gasteiger partial charge in [-0.15, -0.1) is 0 Å². The van der Waals surface area contributed by atoms with Crippen molar-refractivity contribution in [2.45, 2.75) is 53.0 Å². The molecule has 1 aromatic rings. The molecule has 0 aromatic carbocycles. The molecule has 96 valence electrons. The Balaban J connectivity index is 3.00. The fraction of sp³-hybridized carbons (Fsp3) is 0.692. The van der Waals surface area contributed by atoms with Gasteiger partial charge < -0.3 is 4.90 Å². The lowest BCUT2D eigenvalue weighted by Gasteiger charge is -2.27. The molecule has 1 rings (SSSR count). The maximum absolute atomic E-state index is 6.06. The lowest BCUT2D eigenvalue weighted by Crippen LogP contribution is -2.32. The molecular weight excluding hydrogens is 234 g/mol. The third-order valence-corrected chi connectivity index (χ3v) is 2.78. The van der Waals surface area contributed by atoms with Gasteiger partial charge >= 0.3 is 0 Å². The number of anilines is 1. The summed E-state index contributed by atoms with van der Waals surface area (Å²) in [6, 6.07) is 2.28. The van der Waals surface area contributed by atoms with Crippen molar-refractivity contribution >= 4 is 17.4 Å². The fourth-order valence-corrected chi connectivity index (χ4v) is 2.01. The first-order valence-corrected chi connectivity index (χ1v) is 6.76. The Morgan fingerprint density at radius 2 is 1.94 bits per heavy atom. The molecule has 3 nitrogen and oxygen atoms in total. The molecule has 0 bridgehead atoms. The molecule has 17 heavy (non-hydrogen) atoms. The summed E-state index contributed by atoms with van der Waals surface area (Å²) in [4.78, 5) is 11.1. The van der Waals surface area contributed by atoms with E-state index in [9.17, 15) is 0 Å². The van der Waals surface area contributed by atoms with E-state index in [4.69, 9.17) is 11.6 Å². The van der Waals surface area contributed by atoms with E-state index in [0.29, 0.717) is 11.2 Å². The molecule has 0 aliphatic rings. The van der Waals surface area contributed by atoms with E-state index in [1.54, 1.807) is 0 Å². The van der Waals surface area contributed by atoms with Crippen LogP contribution in [-0.4, -0.2) is 22.6 Å². The van der Waals surface area contributed by atoms with Crippen LogP contribution >= 0.6 is 11.6 Å². The molecule has 0 amide bonds. The summed E-state index contributed by atoms with van der Waals surface area (Å²) in [5, 5.41) is 0.542. The summed E-state index contributed by atoms with van der Waals surface area (Å²) >= 11 is 6.06. The first kappa shape index (κ1) is 14.2. The molecule has 1 aromatic heterocycles. The molecule has 4 heteroatoms. The van der Waals surface area contributed by atoms with Crippen LogP contribution in [0.15, 0.2) is 6.07 Å². The van der Waals surface area contributed by atoms with Gasteiger partial charge in [0.05, 0.1) is 0 Å². The van der Waals surface area contributed by atoms with Gasteiger partial charge in [-0.2, -0.15) is 0 Å². The monoisotopic (exact) mass is 255 g/mol. The molecule has 0 unspecified atom stereocenters. The van der Waals surface area contributed by atoms with Crippen LogP contribution < -0.4 is 4.90 Å². The number of hydrogen-bond acceptors (Lipinski definition) is 3. The largest absolute Gasteiger partial charge is 0.354 e. The van der Waals surface area contributed by atoms with Gasteiger partial charge in [0.25, 0.3) is 0 Å². The molecule has 0 saturated carbocycles. The minimum Gasteiger partial charge on any atom is -0.354 e. The minimum absolute atomic E-state index is 0.426.